The second-order valence-electron chi connectivity index (χ2n) is 4.94. The van der Waals surface area contributed by atoms with Gasteiger partial charge in [0.05, 0.1) is 11.6 Å². The van der Waals surface area contributed by atoms with Gasteiger partial charge in [0.15, 0.2) is 0 Å². The first-order valence-corrected chi connectivity index (χ1v) is 8.18. The van der Waals surface area contributed by atoms with Gasteiger partial charge in [0.1, 0.15) is 0 Å². The minimum Gasteiger partial charge on any atom is -0.345 e. The molecule has 104 valence electrons. The average Bonchev–Trinajstić information content (AvgIpc) is 3.17. The summed E-state index contributed by atoms with van der Waals surface area (Å²) in [6.45, 7) is 0. The Hall–Kier alpha value is -0.710. The van der Waals surface area contributed by atoms with Crippen LogP contribution in [0.2, 0.25) is 5.02 Å². The molecule has 3 nitrogen and oxygen atoms in total. The van der Waals surface area contributed by atoms with Gasteiger partial charge in [-0.25, -0.2) is 0 Å². The standard InChI is InChI=1S/C14H19ClN2OS/c1-19-9-6-12(16)13(18)17-14(7-8-14)10-4-2-3-5-11(10)15/h2-5,12H,6-9,16H2,1H3,(H,17,18)/t12-/m0/s1. The van der Waals surface area contributed by atoms with E-state index in [0.717, 1.165) is 24.2 Å². The zero-order chi connectivity index (χ0) is 13.9. The van der Waals surface area contributed by atoms with Crippen LogP contribution in [0.5, 0.6) is 0 Å². The highest BCUT2D eigenvalue weighted by atomic mass is 35.5. The predicted molar refractivity (Wildman–Crippen MR) is 81.5 cm³/mol. The molecular weight excluding hydrogens is 280 g/mol. The highest BCUT2D eigenvalue weighted by Gasteiger charge is 2.47. The van der Waals surface area contributed by atoms with Crippen LogP contribution in [0.4, 0.5) is 0 Å². The van der Waals surface area contributed by atoms with E-state index in [1.807, 2.05) is 30.5 Å². The summed E-state index contributed by atoms with van der Waals surface area (Å²) in [7, 11) is 0. The number of nitrogens with two attached hydrogens (primary N) is 1. The summed E-state index contributed by atoms with van der Waals surface area (Å²) in [6.07, 6.45) is 4.57. The molecule has 3 N–H and O–H groups in total. The molecule has 1 fully saturated rings. The summed E-state index contributed by atoms with van der Waals surface area (Å²) >= 11 is 7.91. The lowest BCUT2D eigenvalue weighted by molar-refractivity contribution is -0.123. The van der Waals surface area contributed by atoms with Crippen molar-refractivity contribution >= 4 is 29.3 Å². The Bertz CT molecular complexity index is 463. The van der Waals surface area contributed by atoms with Crippen LogP contribution < -0.4 is 11.1 Å². The van der Waals surface area contributed by atoms with Crippen LogP contribution in [-0.2, 0) is 10.3 Å². The quantitative estimate of drug-likeness (QED) is 0.848. The van der Waals surface area contributed by atoms with Crippen LogP contribution in [0, 0.1) is 0 Å². The Kier molecular flexibility index (Phi) is 4.76. The molecule has 1 atom stereocenters. The summed E-state index contributed by atoms with van der Waals surface area (Å²) in [5, 5.41) is 3.78. The van der Waals surface area contributed by atoms with Crippen molar-refractivity contribution in [2.24, 2.45) is 5.73 Å². The van der Waals surface area contributed by atoms with Gasteiger partial charge in [-0.3, -0.25) is 4.79 Å². The van der Waals surface area contributed by atoms with E-state index in [-0.39, 0.29) is 11.4 Å². The fourth-order valence-corrected chi connectivity index (χ4v) is 2.95. The summed E-state index contributed by atoms with van der Waals surface area (Å²) in [6, 6.07) is 7.24. The summed E-state index contributed by atoms with van der Waals surface area (Å²) in [5.41, 5.74) is 6.61. The van der Waals surface area contributed by atoms with Gasteiger partial charge in [0.2, 0.25) is 5.91 Å². The summed E-state index contributed by atoms with van der Waals surface area (Å²) < 4.78 is 0. The zero-order valence-corrected chi connectivity index (χ0v) is 12.6. The maximum absolute atomic E-state index is 12.1. The zero-order valence-electron chi connectivity index (χ0n) is 11.0. The maximum atomic E-state index is 12.1. The van der Waals surface area contributed by atoms with Crippen molar-refractivity contribution in [1.29, 1.82) is 0 Å². The van der Waals surface area contributed by atoms with E-state index in [4.69, 9.17) is 17.3 Å². The monoisotopic (exact) mass is 298 g/mol. The molecule has 1 aromatic carbocycles. The number of benzene rings is 1. The van der Waals surface area contributed by atoms with Crippen molar-refractivity contribution in [2.45, 2.75) is 30.8 Å². The molecule has 1 amide bonds. The number of thioether (sulfide) groups is 1. The maximum Gasteiger partial charge on any atom is 0.237 e. The number of hydrogen-bond acceptors (Lipinski definition) is 3. The van der Waals surface area contributed by atoms with Crippen LogP contribution in [0.1, 0.15) is 24.8 Å². The molecule has 19 heavy (non-hydrogen) atoms. The molecule has 5 heteroatoms. The second kappa shape index (κ2) is 6.16. The van der Waals surface area contributed by atoms with E-state index < -0.39 is 6.04 Å². The highest BCUT2D eigenvalue weighted by molar-refractivity contribution is 7.98. The lowest BCUT2D eigenvalue weighted by Crippen LogP contribution is -2.45. The third-order valence-corrected chi connectivity index (χ3v) is 4.45. The van der Waals surface area contributed by atoms with Crippen molar-refractivity contribution in [3.05, 3.63) is 34.9 Å². The average molecular weight is 299 g/mol. The molecular formula is C14H19ClN2OS. The largest absolute Gasteiger partial charge is 0.345 e. The molecule has 2 rings (SSSR count). The van der Waals surface area contributed by atoms with E-state index in [1.165, 1.54) is 0 Å². The number of halogens is 1. The molecule has 0 heterocycles. The highest BCUT2D eigenvalue weighted by Crippen LogP contribution is 2.47. The molecule has 1 saturated carbocycles. The molecule has 0 aliphatic heterocycles. The first-order valence-electron chi connectivity index (χ1n) is 6.40. The van der Waals surface area contributed by atoms with Crippen LogP contribution in [0.15, 0.2) is 24.3 Å². The third-order valence-electron chi connectivity index (χ3n) is 3.47. The molecule has 1 aliphatic rings. The van der Waals surface area contributed by atoms with Crippen molar-refractivity contribution in [3.63, 3.8) is 0 Å². The lowest BCUT2D eigenvalue weighted by atomic mass is 10.0. The van der Waals surface area contributed by atoms with Crippen LogP contribution in [0.25, 0.3) is 0 Å². The summed E-state index contributed by atoms with van der Waals surface area (Å²) in [5.74, 6) is 0.819. The topological polar surface area (TPSA) is 55.1 Å². The molecule has 0 bridgehead atoms. The fourth-order valence-electron chi connectivity index (χ4n) is 2.14. The number of carbonyl (C=O) groups is 1. The molecule has 1 aromatic rings. The van der Waals surface area contributed by atoms with Crippen molar-refractivity contribution < 1.29 is 4.79 Å². The normalized spacial score (nSPS) is 17.8. The molecule has 0 radical (unpaired) electrons. The van der Waals surface area contributed by atoms with E-state index >= 15 is 0 Å². The number of hydrogen-bond donors (Lipinski definition) is 2. The first kappa shape index (κ1) is 14.7. The first-order chi connectivity index (χ1) is 9.09. The predicted octanol–water partition coefficient (Wildman–Crippen LogP) is 2.53. The minimum absolute atomic E-state index is 0.0773. The van der Waals surface area contributed by atoms with Crippen molar-refractivity contribution in [2.75, 3.05) is 12.0 Å². The minimum atomic E-state index is -0.438. The summed E-state index contributed by atoms with van der Waals surface area (Å²) in [4.78, 5) is 12.1. The number of rotatable bonds is 6. The lowest BCUT2D eigenvalue weighted by Gasteiger charge is -2.21. The Morgan fingerprint density at radius 1 is 1.53 bits per heavy atom. The van der Waals surface area contributed by atoms with Gasteiger partial charge >= 0.3 is 0 Å². The molecule has 0 saturated heterocycles. The number of nitrogens with one attached hydrogen (secondary N) is 1. The van der Waals surface area contributed by atoms with E-state index in [9.17, 15) is 4.79 Å². The van der Waals surface area contributed by atoms with Gasteiger partial charge in [-0.15, -0.1) is 0 Å². The third kappa shape index (κ3) is 3.44. The van der Waals surface area contributed by atoms with Crippen LogP contribution in [0.3, 0.4) is 0 Å². The van der Waals surface area contributed by atoms with Crippen molar-refractivity contribution in [1.82, 2.24) is 5.32 Å². The number of carbonyl (C=O) groups excluding carboxylic acids is 1. The second-order valence-corrected chi connectivity index (χ2v) is 6.33. The fraction of sp³-hybridized carbons (Fsp3) is 0.500. The van der Waals surface area contributed by atoms with Gasteiger partial charge in [-0.1, -0.05) is 29.8 Å². The Labute approximate surface area is 123 Å². The SMILES string of the molecule is CSCC[C@H](N)C(=O)NC1(c2ccccc2Cl)CC1. The van der Waals surface area contributed by atoms with E-state index in [2.05, 4.69) is 5.32 Å². The van der Waals surface area contributed by atoms with Gasteiger partial charge in [-0.05, 0) is 42.9 Å². The van der Waals surface area contributed by atoms with E-state index in [1.54, 1.807) is 11.8 Å². The molecule has 1 aliphatic carbocycles. The smallest absolute Gasteiger partial charge is 0.237 e. The van der Waals surface area contributed by atoms with Crippen LogP contribution >= 0.6 is 23.4 Å². The van der Waals surface area contributed by atoms with E-state index in [0.29, 0.717) is 11.4 Å². The molecule has 0 unspecified atom stereocenters. The Balaban J connectivity index is 2.03. The van der Waals surface area contributed by atoms with Gasteiger partial charge < -0.3 is 11.1 Å². The number of amides is 1. The Morgan fingerprint density at radius 2 is 2.21 bits per heavy atom. The van der Waals surface area contributed by atoms with Gasteiger partial charge in [0.25, 0.3) is 0 Å². The Morgan fingerprint density at radius 3 is 2.79 bits per heavy atom. The molecule has 0 aromatic heterocycles. The van der Waals surface area contributed by atoms with Crippen LogP contribution in [-0.4, -0.2) is 24.0 Å². The van der Waals surface area contributed by atoms with Crippen molar-refractivity contribution in [3.8, 4) is 0 Å². The van der Waals surface area contributed by atoms with Gasteiger partial charge in [0, 0.05) is 5.02 Å². The van der Waals surface area contributed by atoms with Gasteiger partial charge in [-0.2, -0.15) is 11.8 Å². The molecule has 0 spiro atoms.